The zero-order valence-electron chi connectivity index (χ0n) is 10.3. The normalized spacial score (nSPS) is 20.5. The Morgan fingerprint density at radius 3 is 2.68 bits per heavy atom. The molecule has 0 saturated heterocycles. The van der Waals surface area contributed by atoms with Crippen molar-refractivity contribution in [3.63, 3.8) is 0 Å². The lowest BCUT2D eigenvalue weighted by molar-refractivity contribution is 0.0774. The van der Waals surface area contributed by atoms with Crippen LogP contribution in [0.5, 0.6) is 0 Å². The predicted molar refractivity (Wildman–Crippen MR) is 79.8 cm³/mol. The average molecular weight is 289 g/mol. The first-order chi connectivity index (χ1) is 9.15. The standard InChI is InChI=1S/C16H13ClOS/c1-2-9-16(18)12-5-3-4-6-14(12)19-15-8-7-11(17)10-13(15)16/h2-8,10,18H,1,9H2. The molecule has 1 aliphatic heterocycles. The van der Waals surface area contributed by atoms with Crippen LogP contribution in [0, 0.1) is 0 Å². The van der Waals surface area contributed by atoms with E-state index >= 15 is 0 Å². The Morgan fingerprint density at radius 1 is 1.16 bits per heavy atom. The van der Waals surface area contributed by atoms with Crippen LogP contribution in [-0.4, -0.2) is 5.11 Å². The van der Waals surface area contributed by atoms with E-state index in [1.807, 2.05) is 42.5 Å². The smallest absolute Gasteiger partial charge is 0.120 e. The van der Waals surface area contributed by atoms with Gasteiger partial charge >= 0.3 is 0 Å². The van der Waals surface area contributed by atoms with E-state index in [4.69, 9.17) is 11.6 Å². The molecular formula is C16H13ClOS. The highest BCUT2D eigenvalue weighted by Crippen LogP contribution is 2.50. The summed E-state index contributed by atoms with van der Waals surface area (Å²) in [5.74, 6) is 0. The molecule has 0 aromatic heterocycles. The lowest BCUT2D eigenvalue weighted by Gasteiger charge is -2.35. The quantitative estimate of drug-likeness (QED) is 0.814. The summed E-state index contributed by atoms with van der Waals surface area (Å²) in [4.78, 5) is 2.13. The second kappa shape index (κ2) is 4.71. The molecule has 2 aromatic carbocycles. The van der Waals surface area contributed by atoms with Gasteiger partial charge in [0.2, 0.25) is 0 Å². The maximum absolute atomic E-state index is 11.2. The summed E-state index contributed by atoms with van der Waals surface area (Å²) in [6.45, 7) is 3.77. The molecule has 0 saturated carbocycles. The van der Waals surface area contributed by atoms with Crippen molar-refractivity contribution in [1.29, 1.82) is 0 Å². The van der Waals surface area contributed by atoms with E-state index in [0.717, 1.165) is 20.9 Å². The number of fused-ring (bicyclic) bond motifs is 2. The van der Waals surface area contributed by atoms with Crippen molar-refractivity contribution in [2.24, 2.45) is 0 Å². The summed E-state index contributed by atoms with van der Waals surface area (Å²) in [5, 5.41) is 11.8. The van der Waals surface area contributed by atoms with Gasteiger partial charge < -0.3 is 5.11 Å². The maximum atomic E-state index is 11.2. The molecular weight excluding hydrogens is 276 g/mol. The van der Waals surface area contributed by atoms with Crippen LogP contribution in [0.3, 0.4) is 0 Å². The van der Waals surface area contributed by atoms with E-state index in [0.29, 0.717) is 11.4 Å². The molecule has 1 atom stereocenters. The number of rotatable bonds is 2. The van der Waals surface area contributed by atoms with Gasteiger partial charge in [0, 0.05) is 32.4 Å². The molecule has 1 nitrogen and oxygen atoms in total. The number of benzene rings is 2. The van der Waals surface area contributed by atoms with Gasteiger partial charge in [0.15, 0.2) is 0 Å². The van der Waals surface area contributed by atoms with Crippen LogP contribution in [0.2, 0.25) is 5.02 Å². The molecule has 1 unspecified atom stereocenters. The van der Waals surface area contributed by atoms with Crippen LogP contribution in [0.15, 0.2) is 64.9 Å². The third-order valence-electron chi connectivity index (χ3n) is 3.38. The fourth-order valence-electron chi connectivity index (χ4n) is 2.50. The molecule has 1 N–H and O–H groups in total. The van der Waals surface area contributed by atoms with Gasteiger partial charge in [-0.3, -0.25) is 0 Å². The van der Waals surface area contributed by atoms with Crippen molar-refractivity contribution in [3.8, 4) is 0 Å². The number of hydrogen-bond acceptors (Lipinski definition) is 2. The first-order valence-corrected chi connectivity index (χ1v) is 7.25. The van der Waals surface area contributed by atoms with E-state index in [1.54, 1.807) is 17.8 Å². The molecule has 0 aliphatic carbocycles. The van der Waals surface area contributed by atoms with Crippen molar-refractivity contribution >= 4 is 23.4 Å². The van der Waals surface area contributed by atoms with Crippen molar-refractivity contribution in [3.05, 3.63) is 71.3 Å². The third-order valence-corrected chi connectivity index (χ3v) is 4.77. The summed E-state index contributed by atoms with van der Waals surface area (Å²) < 4.78 is 0. The molecule has 3 rings (SSSR count). The van der Waals surface area contributed by atoms with Gasteiger partial charge in [-0.15, -0.1) is 6.58 Å². The van der Waals surface area contributed by atoms with Crippen LogP contribution in [-0.2, 0) is 5.60 Å². The third kappa shape index (κ3) is 2.00. The number of hydrogen-bond donors (Lipinski definition) is 1. The fraction of sp³-hybridized carbons (Fsp3) is 0.125. The van der Waals surface area contributed by atoms with Gasteiger partial charge in [0.25, 0.3) is 0 Å². The average Bonchev–Trinajstić information content (AvgIpc) is 2.41. The van der Waals surface area contributed by atoms with Gasteiger partial charge in [-0.25, -0.2) is 0 Å². The zero-order valence-corrected chi connectivity index (χ0v) is 11.8. The zero-order chi connectivity index (χ0) is 13.5. The van der Waals surface area contributed by atoms with E-state index < -0.39 is 5.60 Å². The van der Waals surface area contributed by atoms with Crippen molar-refractivity contribution in [2.45, 2.75) is 21.8 Å². The SMILES string of the molecule is C=CCC1(O)c2ccccc2Sc2ccc(Cl)cc21. The lowest BCUT2D eigenvalue weighted by Crippen LogP contribution is -2.30. The Bertz CT molecular complexity index is 653. The highest BCUT2D eigenvalue weighted by atomic mass is 35.5. The van der Waals surface area contributed by atoms with Crippen molar-refractivity contribution in [2.75, 3.05) is 0 Å². The summed E-state index contributed by atoms with van der Waals surface area (Å²) in [5.41, 5.74) is 0.752. The van der Waals surface area contributed by atoms with Crippen LogP contribution in [0.25, 0.3) is 0 Å². The second-order valence-corrected chi connectivity index (χ2v) is 6.11. The van der Waals surface area contributed by atoms with E-state index in [9.17, 15) is 5.11 Å². The minimum Gasteiger partial charge on any atom is -0.380 e. The molecule has 0 bridgehead atoms. The monoisotopic (exact) mass is 288 g/mol. The highest BCUT2D eigenvalue weighted by molar-refractivity contribution is 7.99. The molecule has 3 heteroatoms. The van der Waals surface area contributed by atoms with E-state index in [1.165, 1.54) is 0 Å². The van der Waals surface area contributed by atoms with E-state index in [2.05, 4.69) is 6.58 Å². The first kappa shape index (κ1) is 12.8. The lowest BCUT2D eigenvalue weighted by atomic mass is 9.83. The van der Waals surface area contributed by atoms with Gasteiger partial charge in [-0.1, -0.05) is 47.6 Å². The van der Waals surface area contributed by atoms with Crippen LogP contribution in [0.1, 0.15) is 17.5 Å². The minimum atomic E-state index is -1.04. The summed E-state index contributed by atoms with van der Waals surface area (Å²) in [6, 6.07) is 13.6. The van der Waals surface area contributed by atoms with Gasteiger partial charge in [0.05, 0.1) is 0 Å². The Balaban J connectivity index is 2.28. The van der Waals surface area contributed by atoms with Gasteiger partial charge in [0.1, 0.15) is 5.60 Å². The van der Waals surface area contributed by atoms with E-state index in [-0.39, 0.29) is 0 Å². The number of halogens is 1. The molecule has 1 heterocycles. The molecule has 19 heavy (non-hydrogen) atoms. The Hall–Kier alpha value is -1.22. The first-order valence-electron chi connectivity index (χ1n) is 6.06. The van der Waals surface area contributed by atoms with Crippen molar-refractivity contribution in [1.82, 2.24) is 0 Å². The second-order valence-electron chi connectivity index (χ2n) is 4.59. The minimum absolute atomic E-state index is 0.470. The fourth-order valence-corrected chi connectivity index (χ4v) is 3.88. The molecule has 0 spiro atoms. The number of aliphatic hydroxyl groups is 1. The van der Waals surface area contributed by atoms with Crippen LogP contribution in [0.4, 0.5) is 0 Å². The van der Waals surface area contributed by atoms with Gasteiger partial charge in [-0.2, -0.15) is 0 Å². The summed E-state index contributed by atoms with van der Waals surface area (Å²) >= 11 is 7.75. The molecule has 0 amide bonds. The Morgan fingerprint density at radius 2 is 1.89 bits per heavy atom. The molecule has 2 aromatic rings. The maximum Gasteiger partial charge on any atom is 0.120 e. The Labute approximate surface area is 121 Å². The largest absolute Gasteiger partial charge is 0.380 e. The predicted octanol–water partition coefficient (Wildman–Crippen LogP) is 4.62. The molecule has 0 fully saturated rings. The van der Waals surface area contributed by atoms with Crippen LogP contribution < -0.4 is 0 Å². The highest BCUT2D eigenvalue weighted by Gasteiger charge is 2.38. The molecule has 0 radical (unpaired) electrons. The van der Waals surface area contributed by atoms with Crippen molar-refractivity contribution < 1.29 is 5.11 Å². The summed E-state index contributed by atoms with van der Waals surface area (Å²) in [7, 11) is 0. The molecule has 1 aliphatic rings. The molecule has 96 valence electrons. The van der Waals surface area contributed by atoms with Gasteiger partial charge in [-0.05, 0) is 24.3 Å². The van der Waals surface area contributed by atoms with Crippen LogP contribution >= 0.6 is 23.4 Å². The topological polar surface area (TPSA) is 20.2 Å². The summed E-state index contributed by atoms with van der Waals surface area (Å²) in [6.07, 6.45) is 2.22. The Kier molecular flexibility index (Phi) is 3.17.